The number of hydrogen-bond acceptors (Lipinski definition) is 4. The van der Waals surface area contributed by atoms with Gasteiger partial charge in [-0.05, 0) is 27.7 Å². The fourth-order valence-electron chi connectivity index (χ4n) is 1.85. The number of amides is 1. The second-order valence-corrected chi connectivity index (χ2v) is 4.56. The summed E-state index contributed by atoms with van der Waals surface area (Å²) in [4.78, 5) is 11.4. The largest absolute Gasteiger partial charge is 0.312 e. The van der Waals surface area contributed by atoms with Gasteiger partial charge in [-0.25, -0.2) is 5.84 Å². The van der Waals surface area contributed by atoms with Crippen LogP contribution in [-0.2, 0) is 4.79 Å². The number of nitrogens with two attached hydrogens (primary N) is 1. The van der Waals surface area contributed by atoms with E-state index < -0.39 is 11.1 Å². The molecule has 80 valence electrons. The molecule has 14 heavy (non-hydrogen) atoms. The van der Waals surface area contributed by atoms with Crippen molar-refractivity contribution < 1.29 is 10.0 Å². The minimum Gasteiger partial charge on any atom is -0.312 e. The number of nitrogens with zero attached hydrogens (tertiary/aromatic N) is 1. The van der Waals surface area contributed by atoms with Gasteiger partial charge in [0.05, 0.1) is 11.1 Å². The summed E-state index contributed by atoms with van der Waals surface area (Å²) in [6, 6.07) is 0. The molecule has 0 aromatic heterocycles. The molecule has 4 N–H and O–H groups in total. The van der Waals surface area contributed by atoms with E-state index in [-0.39, 0.29) is 5.91 Å². The van der Waals surface area contributed by atoms with Crippen LogP contribution in [0.25, 0.3) is 0 Å². The molecular formula is C9H17N3O2. The summed E-state index contributed by atoms with van der Waals surface area (Å²) in [5.41, 5.74) is 1.29. The molecule has 0 unspecified atom stereocenters. The normalized spacial score (nSPS) is 24.6. The van der Waals surface area contributed by atoms with Crippen LogP contribution in [0.15, 0.2) is 11.6 Å². The summed E-state index contributed by atoms with van der Waals surface area (Å²) in [5, 5.41) is 11.0. The molecule has 0 aromatic rings. The smallest absolute Gasteiger partial charge is 0.262 e. The molecular weight excluding hydrogens is 182 g/mol. The highest BCUT2D eigenvalue weighted by molar-refractivity contribution is 5.96. The Morgan fingerprint density at radius 3 is 2.29 bits per heavy atom. The van der Waals surface area contributed by atoms with Gasteiger partial charge in [0.1, 0.15) is 0 Å². The van der Waals surface area contributed by atoms with Gasteiger partial charge in [0.25, 0.3) is 5.91 Å². The zero-order valence-corrected chi connectivity index (χ0v) is 8.96. The minimum absolute atomic E-state index is 0.361. The maximum absolute atomic E-state index is 11.4. The van der Waals surface area contributed by atoms with Crippen LogP contribution < -0.4 is 11.3 Å². The molecule has 1 heterocycles. The van der Waals surface area contributed by atoms with E-state index in [1.807, 2.05) is 13.8 Å². The number of hydrazine groups is 1. The second-order valence-electron chi connectivity index (χ2n) is 4.56. The van der Waals surface area contributed by atoms with E-state index in [1.54, 1.807) is 19.9 Å². The van der Waals surface area contributed by atoms with Crippen LogP contribution in [-0.4, -0.2) is 27.3 Å². The molecule has 5 nitrogen and oxygen atoms in total. The Bertz CT molecular complexity index is 294. The highest BCUT2D eigenvalue weighted by Crippen LogP contribution is 2.37. The zero-order chi connectivity index (χ0) is 11.1. The van der Waals surface area contributed by atoms with Gasteiger partial charge in [-0.2, -0.15) is 5.06 Å². The molecule has 1 amide bonds. The topological polar surface area (TPSA) is 78.6 Å². The standard InChI is InChI=1S/C9H17N3O2/c1-8(2)5-6(7(13)11-10)9(3,4)12(8)14/h5,14H,10H2,1-4H3,(H,11,13). The van der Waals surface area contributed by atoms with Gasteiger partial charge >= 0.3 is 0 Å². The molecule has 1 aliphatic heterocycles. The molecule has 0 bridgehead atoms. The van der Waals surface area contributed by atoms with E-state index >= 15 is 0 Å². The first-order chi connectivity index (χ1) is 6.23. The van der Waals surface area contributed by atoms with Crippen LogP contribution in [0.2, 0.25) is 0 Å². The molecule has 0 fully saturated rings. The summed E-state index contributed by atoms with van der Waals surface area (Å²) in [6.45, 7) is 7.18. The summed E-state index contributed by atoms with van der Waals surface area (Å²) < 4.78 is 0. The van der Waals surface area contributed by atoms with Crippen molar-refractivity contribution in [3.8, 4) is 0 Å². The third kappa shape index (κ3) is 1.43. The van der Waals surface area contributed by atoms with E-state index in [1.165, 1.54) is 0 Å². The maximum Gasteiger partial charge on any atom is 0.262 e. The van der Waals surface area contributed by atoms with Crippen molar-refractivity contribution in [1.82, 2.24) is 10.5 Å². The van der Waals surface area contributed by atoms with Crippen LogP contribution in [0.5, 0.6) is 0 Å². The summed E-state index contributed by atoms with van der Waals surface area (Å²) in [6.07, 6.45) is 1.72. The molecule has 5 heteroatoms. The predicted octanol–water partition coefficient (Wildman–Crippen LogP) is 0.165. The first-order valence-electron chi connectivity index (χ1n) is 4.47. The quantitative estimate of drug-likeness (QED) is 0.319. The van der Waals surface area contributed by atoms with Gasteiger partial charge in [-0.1, -0.05) is 6.08 Å². The fourth-order valence-corrected chi connectivity index (χ4v) is 1.85. The van der Waals surface area contributed by atoms with Gasteiger partial charge in [0.2, 0.25) is 0 Å². The zero-order valence-electron chi connectivity index (χ0n) is 8.96. The third-order valence-electron chi connectivity index (χ3n) is 2.61. The first kappa shape index (κ1) is 11.2. The monoisotopic (exact) mass is 199 g/mol. The molecule has 0 saturated heterocycles. The SMILES string of the molecule is CC1(C)C=C(C(=O)NN)C(C)(C)N1O. The van der Waals surface area contributed by atoms with Crippen molar-refractivity contribution in [2.45, 2.75) is 38.8 Å². The fraction of sp³-hybridized carbons (Fsp3) is 0.667. The number of carbonyl (C=O) groups excluding carboxylic acids is 1. The van der Waals surface area contributed by atoms with Crippen molar-refractivity contribution in [3.05, 3.63) is 11.6 Å². The second kappa shape index (κ2) is 3.05. The lowest BCUT2D eigenvalue weighted by Gasteiger charge is -2.35. The van der Waals surface area contributed by atoms with Gasteiger partial charge in [-0.3, -0.25) is 10.2 Å². The van der Waals surface area contributed by atoms with Crippen LogP contribution in [0.4, 0.5) is 0 Å². The van der Waals surface area contributed by atoms with E-state index in [4.69, 9.17) is 5.84 Å². The van der Waals surface area contributed by atoms with Crippen LogP contribution in [0.3, 0.4) is 0 Å². The van der Waals surface area contributed by atoms with Crippen molar-refractivity contribution in [1.29, 1.82) is 0 Å². The van der Waals surface area contributed by atoms with Crippen molar-refractivity contribution in [2.24, 2.45) is 5.84 Å². The third-order valence-corrected chi connectivity index (χ3v) is 2.61. The number of carbonyl (C=O) groups is 1. The van der Waals surface area contributed by atoms with E-state index in [9.17, 15) is 10.0 Å². The summed E-state index contributed by atoms with van der Waals surface area (Å²) in [5.74, 6) is 4.71. The van der Waals surface area contributed by atoms with Crippen molar-refractivity contribution in [3.63, 3.8) is 0 Å². The van der Waals surface area contributed by atoms with Crippen molar-refractivity contribution >= 4 is 5.91 Å². The molecule has 0 atom stereocenters. The number of hydroxylamine groups is 2. The average molecular weight is 199 g/mol. The van der Waals surface area contributed by atoms with E-state index in [2.05, 4.69) is 5.43 Å². The van der Waals surface area contributed by atoms with Gasteiger partial charge in [0, 0.05) is 5.57 Å². The van der Waals surface area contributed by atoms with Crippen molar-refractivity contribution in [2.75, 3.05) is 0 Å². The Morgan fingerprint density at radius 2 is 2.00 bits per heavy atom. The molecule has 1 aliphatic rings. The Labute approximate surface area is 83.5 Å². The Kier molecular flexibility index (Phi) is 2.43. The Hall–Kier alpha value is -0.910. The lowest BCUT2D eigenvalue weighted by molar-refractivity contribution is -0.186. The lowest BCUT2D eigenvalue weighted by atomic mass is 9.96. The van der Waals surface area contributed by atoms with E-state index in [0.717, 1.165) is 5.06 Å². The van der Waals surface area contributed by atoms with Gasteiger partial charge in [0.15, 0.2) is 0 Å². The molecule has 0 radical (unpaired) electrons. The number of nitrogens with one attached hydrogen (secondary N) is 1. The highest BCUT2D eigenvalue weighted by atomic mass is 16.5. The molecule has 1 rings (SSSR count). The van der Waals surface area contributed by atoms with E-state index in [0.29, 0.717) is 5.57 Å². The molecule has 0 spiro atoms. The predicted molar refractivity (Wildman–Crippen MR) is 52.2 cm³/mol. The Balaban J connectivity index is 3.13. The van der Waals surface area contributed by atoms with Crippen LogP contribution in [0, 0.1) is 0 Å². The van der Waals surface area contributed by atoms with Gasteiger partial charge in [-0.15, -0.1) is 0 Å². The highest BCUT2D eigenvalue weighted by Gasteiger charge is 2.47. The first-order valence-corrected chi connectivity index (χ1v) is 4.47. The molecule has 0 aromatic carbocycles. The number of hydrogen-bond donors (Lipinski definition) is 3. The van der Waals surface area contributed by atoms with Gasteiger partial charge < -0.3 is 5.21 Å². The minimum atomic E-state index is -0.715. The molecule has 0 aliphatic carbocycles. The van der Waals surface area contributed by atoms with Crippen LogP contribution in [0.1, 0.15) is 27.7 Å². The van der Waals surface area contributed by atoms with Crippen LogP contribution >= 0.6 is 0 Å². The molecule has 0 saturated carbocycles. The maximum atomic E-state index is 11.4. The average Bonchev–Trinajstić information content (AvgIpc) is 2.25. The lowest BCUT2D eigenvalue weighted by Crippen LogP contribution is -2.50. The summed E-state index contributed by atoms with van der Waals surface area (Å²) in [7, 11) is 0. The number of rotatable bonds is 1. The summed E-state index contributed by atoms with van der Waals surface area (Å²) >= 11 is 0. The Morgan fingerprint density at radius 1 is 1.50 bits per heavy atom.